The van der Waals surface area contributed by atoms with E-state index in [1.165, 1.54) is 6.21 Å². The van der Waals surface area contributed by atoms with Crippen molar-refractivity contribution in [1.29, 1.82) is 0 Å². The van der Waals surface area contributed by atoms with E-state index in [0.29, 0.717) is 22.7 Å². The zero-order valence-corrected chi connectivity index (χ0v) is 22.6. The van der Waals surface area contributed by atoms with Crippen LogP contribution >= 0.6 is 22.6 Å². The molecule has 0 aliphatic rings. The summed E-state index contributed by atoms with van der Waals surface area (Å²) in [6.07, 6.45) is 2.46. The van der Waals surface area contributed by atoms with Gasteiger partial charge in [-0.15, -0.1) is 0 Å². The first kappa shape index (κ1) is 27.1. The second-order valence-electron chi connectivity index (χ2n) is 7.81. The fourth-order valence-corrected chi connectivity index (χ4v) is 4.20. The van der Waals surface area contributed by atoms with Crippen molar-refractivity contribution in [1.82, 2.24) is 5.43 Å². The number of carbonyl (C=O) groups is 2. The molecular formula is C25H25IN4O5S. The summed E-state index contributed by atoms with van der Waals surface area (Å²) >= 11 is 2.11. The number of rotatable bonds is 10. The Morgan fingerprint density at radius 2 is 1.61 bits per heavy atom. The highest BCUT2D eigenvalue weighted by atomic mass is 127. The highest BCUT2D eigenvalue weighted by Crippen LogP contribution is 2.19. The highest BCUT2D eigenvalue weighted by molar-refractivity contribution is 14.1. The van der Waals surface area contributed by atoms with Crippen LogP contribution in [0.4, 0.5) is 11.4 Å². The van der Waals surface area contributed by atoms with Crippen LogP contribution in [0, 0.1) is 10.5 Å². The zero-order valence-electron chi connectivity index (χ0n) is 19.6. The third-order valence-corrected chi connectivity index (χ3v) is 6.65. The summed E-state index contributed by atoms with van der Waals surface area (Å²) in [6, 6.07) is 21.0. The Balaban J connectivity index is 1.48. The standard InChI is InChI=1S/C25H25IN4O5S/c1-18-3-9-21(10-4-18)28-25(32)17-35-23-13-5-19(6-14-23)15-27-29-24(31)16-30(36(2,33)34)22-11-7-20(26)8-12-22/h3-15H,16-17H2,1-2H3,(H,28,32)(H,29,31)/b27-15-. The molecule has 3 aromatic carbocycles. The number of nitrogens with zero attached hydrogens (tertiary/aromatic N) is 2. The smallest absolute Gasteiger partial charge is 0.262 e. The molecule has 11 heteroatoms. The molecule has 3 aromatic rings. The molecule has 0 heterocycles. The third kappa shape index (κ3) is 8.64. The topological polar surface area (TPSA) is 117 Å². The van der Waals surface area contributed by atoms with Crippen molar-refractivity contribution >= 4 is 62.0 Å². The summed E-state index contributed by atoms with van der Waals surface area (Å²) in [5.41, 5.74) is 5.19. The Labute approximate surface area is 223 Å². The number of sulfonamides is 1. The number of ether oxygens (including phenoxy) is 1. The molecule has 2 amide bonds. The second-order valence-corrected chi connectivity index (χ2v) is 11.0. The van der Waals surface area contributed by atoms with E-state index in [1.54, 1.807) is 48.5 Å². The molecule has 0 bridgehead atoms. The summed E-state index contributed by atoms with van der Waals surface area (Å²) in [4.78, 5) is 24.3. The van der Waals surface area contributed by atoms with Gasteiger partial charge in [0.05, 0.1) is 18.2 Å². The van der Waals surface area contributed by atoms with Crippen LogP contribution in [-0.4, -0.2) is 45.9 Å². The Bertz CT molecular complexity index is 1330. The summed E-state index contributed by atoms with van der Waals surface area (Å²) < 4.78 is 31.7. The molecule has 0 fully saturated rings. The van der Waals surface area contributed by atoms with Crippen LogP contribution in [0.25, 0.3) is 0 Å². The maximum Gasteiger partial charge on any atom is 0.262 e. The van der Waals surface area contributed by atoms with Gasteiger partial charge in [0.2, 0.25) is 10.0 Å². The van der Waals surface area contributed by atoms with Crippen molar-refractivity contribution in [2.45, 2.75) is 6.92 Å². The monoisotopic (exact) mass is 620 g/mol. The van der Waals surface area contributed by atoms with Crippen molar-refractivity contribution in [2.75, 3.05) is 29.0 Å². The number of hydrogen-bond acceptors (Lipinski definition) is 6. The Morgan fingerprint density at radius 3 is 2.22 bits per heavy atom. The van der Waals surface area contributed by atoms with Crippen LogP contribution in [-0.2, 0) is 19.6 Å². The van der Waals surface area contributed by atoms with Gasteiger partial charge in [-0.1, -0.05) is 17.7 Å². The molecule has 188 valence electrons. The number of amides is 2. The van der Waals surface area contributed by atoms with Gasteiger partial charge in [-0.3, -0.25) is 13.9 Å². The number of halogens is 1. The maximum absolute atomic E-state index is 12.3. The lowest BCUT2D eigenvalue weighted by atomic mass is 10.2. The summed E-state index contributed by atoms with van der Waals surface area (Å²) in [7, 11) is -3.66. The van der Waals surface area contributed by atoms with E-state index in [1.807, 2.05) is 31.2 Å². The fourth-order valence-electron chi connectivity index (χ4n) is 2.98. The van der Waals surface area contributed by atoms with E-state index >= 15 is 0 Å². The van der Waals surface area contributed by atoms with Crippen molar-refractivity contribution in [3.05, 3.63) is 87.5 Å². The van der Waals surface area contributed by atoms with Gasteiger partial charge in [-0.25, -0.2) is 13.8 Å². The average molecular weight is 620 g/mol. The van der Waals surface area contributed by atoms with Gasteiger partial charge in [-0.05, 0) is 95.7 Å². The first-order valence-electron chi connectivity index (χ1n) is 10.7. The van der Waals surface area contributed by atoms with Gasteiger partial charge in [0.15, 0.2) is 6.61 Å². The first-order valence-corrected chi connectivity index (χ1v) is 13.7. The number of anilines is 2. The van der Waals surface area contributed by atoms with E-state index in [9.17, 15) is 18.0 Å². The van der Waals surface area contributed by atoms with Crippen LogP contribution < -0.4 is 19.8 Å². The van der Waals surface area contributed by atoms with Crippen LogP contribution in [0.15, 0.2) is 77.9 Å². The molecule has 0 saturated carbocycles. The number of hydrazone groups is 1. The molecule has 2 N–H and O–H groups in total. The molecule has 0 aliphatic carbocycles. The van der Waals surface area contributed by atoms with E-state index in [2.05, 4.69) is 38.4 Å². The van der Waals surface area contributed by atoms with Crippen molar-refractivity contribution in [2.24, 2.45) is 5.10 Å². The minimum absolute atomic E-state index is 0.144. The molecule has 0 aromatic heterocycles. The summed E-state index contributed by atoms with van der Waals surface area (Å²) in [5, 5.41) is 6.65. The van der Waals surface area contributed by atoms with Gasteiger partial charge in [0.25, 0.3) is 11.8 Å². The minimum Gasteiger partial charge on any atom is -0.484 e. The lowest BCUT2D eigenvalue weighted by Gasteiger charge is -2.21. The predicted molar refractivity (Wildman–Crippen MR) is 149 cm³/mol. The highest BCUT2D eigenvalue weighted by Gasteiger charge is 2.20. The molecule has 36 heavy (non-hydrogen) atoms. The van der Waals surface area contributed by atoms with E-state index in [4.69, 9.17) is 4.74 Å². The van der Waals surface area contributed by atoms with Crippen molar-refractivity contribution in [3.63, 3.8) is 0 Å². The number of nitrogens with one attached hydrogen (secondary N) is 2. The van der Waals surface area contributed by atoms with Crippen LogP contribution in [0.5, 0.6) is 5.75 Å². The van der Waals surface area contributed by atoms with E-state index < -0.39 is 22.5 Å². The molecule has 9 nitrogen and oxygen atoms in total. The summed E-state index contributed by atoms with van der Waals surface area (Å²) in [5.74, 6) is -0.369. The minimum atomic E-state index is -3.66. The molecule has 0 atom stereocenters. The van der Waals surface area contributed by atoms with Crippen LogP contribution in [0.1, 0.15) is 11.1 Å². The van der Waals surface area contributed by atoms with E-state index in [-0.39, 0.29) is 12.5 Å². The lowest BCUT2D eigenvalue weighted by Crippen LogP contribution is -2.39. The lowest BCUT2D eigenvalue weighted by molar-refractivity contribution is -0.119. The normalized spacial score (nSPS) is 11.2. The fraction of sp³-hybridized carbons (Fsp3) is 0.160. The zero-order chi connectivity index (χ0) is 26.1. The van der Waals surface area contributed by atoms with Gasteiger partial charge in [0, 0.05) is 9.26 Å². The van der Waals surface area contributed by atoms with Gasteiger partial charge < -0.3 is 10.1 Å². The number of hydrogen-bond donors (Lipinski definition) is 2. The molecule has 3 rings (SSSR count). The average Bonchev–Trinajstić information content (AvgIpc) is 2.83. The van der Waals surface area contributed by atoms with Crippen LogP contribution in [0.3, 0.4) is 0 Å². The molecular weight excluding hydrogens is 595 g/mol. The quantitative estimate of drug-likeness (QED) is 0.205. The molecule has 0 aliphatic heterocycles. The predicted octanol–water partition coefficient (Wildman–Crippen LogP) is 3.53. The Hall–Kier alpha value is -3.45. The first-order chi connectivity index (χ1) is 17.1. The van der Waals surface area contributed by atoms with Crippen LogP contribution in [0.2, 0.25) is 0 Å². The SMILES string of the molecule is Cc1ccc(NC(=O)COc2ccc(/C=N\NC(=O)CN(c3ccc(I)cc3)S(C)(=O)=O)cc2)cc1. The Kier molecular flexibility index (Phi) is 9.42. The van der Waals surface area contributed by atoms with Gasteiger partial charge in [0.1, 0.15) is 12.3 Å². The number of benzene rings is 3. The molecule has 0 saturated heterocycles. The largest absolute Gasteiger partial charge is 0.484 e. The second kappa shape index (κ2) is 12.5. The number of aryl methyl sites for hydroxylation is 1. The van der Waals surface area contributed by atoms with Crippen molar-refractivity contribution < 1.29 is 22.7 Å². The van der Waals surface area contributed by atoms with E-state index in [0.717, 1.165) is 19.7 Å². The molecule has 0 radical (unpaired) electrons. The maximum atomic E-state index is 12.3. The Morgan fingerprint density at radius 1 is 0.972 bits per heavy atom. The van der Waals surface area contributed by atoms with Gasteiger partial charge >= 0.3 is 0 Å². The number of carbonyl (C=O) groups excluding carboxylic acids is 2. The third-order valence-electron chi connectivity index (χ3n) is 4.79. The molecule has 0 spiro atoms. The van der Waals surface area contributed by atoms with Crippen molar-refractivity contribution in [3.8, 4) is 5.75 Å². The summed E-state index contributed by atoms with van der Waals surface area (Å²) in [6.45, 7) is 1.42. The van der Waals surface area contributed by atoms with Gasteiger partial charge in [-0.2, -0.15) is 5.10 Å². The molecule has 0 unspecified atom stereocenters.